The summed E-state index contributed by atoms with van der Waals surface area (Å²) in [6.45, 7) is 2.63. The van der Waals surface area contributed by atoms with Crippen molar-refractivity contribution in [1.82, 2.24) is 0 Å². The van der Waals surface area contributed by atoms with Crippen molar-refractivity contribution in [3.05, 3.63) is 12.2 Å². The van der Waals surface area contributed by atoms with Crippen molar-refractivity contribution in [1.29, 1.82) is 0 Å². The highest BCUT2D eigenvalue weighted by Crippen LogP contribution is 2.27. The molecule has 2 fully saturated rings. The molecule has 2 aliphatic heterocycles. The minimum atomic E-state index is -1.76. The Hall–Kier alpha value is -1.76. The Morgan fingerprint density at radius 1 is 0.419 bits per heavy atom. The molecule has 0 amide bonds. The molecule has 4 unspecified atom stereocenters. The van der Waals surface area contributed by atoms with Gasteiger partial charge in [0.2, 0.25) is 0 Å². The highest BCUT2D eigenvalue weighted by molar-refractivity contribution is 5.70. The third kappa shape index (κ3) is 32.9. The first-order valence-corrected chi connectivity index (χ1v) is 30.3. The molecule has 74 heavy (non-hydrogen) atoms. The summed E-state index contributed by atoms with van der Waals surface area (Å²) in [5.41, 5.74) is 0. The summed E-state index contributed by atoms with van der Waals surface area (Å²) < 4.78 is 33.7. The molecule has 0 aliphatic carbocycles. The number of aliphatic hydroxyl groups excluding tert-OH is 7. The van der Waals surface area contributed by atoms with Crippen LogP contribution in [0.4, 0.5) is 0 Å². The fourth-order valence-electron chi connectivity index (χ4n) is 9.80. The number of aliphatic hydroxyl groups is 7. The van der Waals surface area contributed by atoms with Gasteiger partial charge in [0, 0.05) is 12.8 Å². The van der Waals surface area contributed by atoms with Gasteiger partial charge in [-0.25, -0.2) is 0 Å². The zero-order chi connectivity index (χ0) is 53.9. The van der Waals surface area contributed by atoms with Crippen molar-refractivity contribution < 1.29 is 73.8 Å². The first kappa shape index (κ1) is 68.3. The van der Waals surface area contributed by atoms with Gasteiger partial charge in [-0.05, 0) is 38.5 Å². The van der Waals surface area contributed by atoms with Gasteiger partial charge >= 0.3 is 11.9 Å². The number of rotatable bonds is 49. The maximum atomic E-state index is 13.0. The van der Waals surface area contributed by atoms with Gasteiger partial charge in [-0.15, -0.1) is 0 Å². The number of esters is 2. The SMILES string of the molecule is CCCCCCCCCC/C=C/CCCCCC(=O)O[C@@H](COC(=O)CCCCCCCCCCCCCCCCCCCCCCCCC)CO[C@@H]1O[C@H](CO[C@@H]2O[C@H](CO)[C@H](O)C(O)C2O)[C@H](O)C(O)C1O. The molecule has 0 bridgehead atoms. The fraction of sp³-hybridized carbons (Fsp3) is 0.932. The second-order valence-electron chi connectivity index (χ2n) is 21.5. The lowest BCUT2D eigenvalue weighted by atomic mass is 9.98. The summed E-state index contributed by atoms with van der Waals surface area (Å²) in [5, 5.41) is 72.3. The molecule has 2 aliphatic rings. The van der Waals surface area contributed by atoms with Crippen molar-refractivity contribution in [3.63, 3.8) is 0 Å². The van der Waals surface area contributed by atoms with Gasteiger partial charge in [-0.3, -0.25) is 9.59 Å². The number of unbranched alkanes of at least 4 members (excludes halogenated alkanes) is 33. The number of allylic oxidation sites excluding steroid dienone is 2. The predicted octanol–water partition coefficient (Wildman–Crippen LogP) is 10.5. The number of hydrogen-bond acceptors (Lipinski definition) is 15. The molecule has 15 nitrogen and oxygen atoms in total. The third-order valence-corrected chi connectivity index (χ3v) is 14.7. The van der Waals surface area contributed by atoms with E-state index < -0.39 is 92.7 Å². The average molecular weight is 1060 g/mol. The molecule has 7 N–H and O–H groups in total. The molecule has 0 aromatic rings. The lowest BCUT2D eigenvalue weighted by Gasteiger charge is -2.42. The van der Waals surface area contributed by atoms with E-state index in [4.69, 9.17) is 28.4 Å². The van der Waals surface area contributed by atoms with E-state index in [0.717, 1.165) is 44.9 Å². The molecule has 436 valence electrons. The molecule has 0 aromatic carbocycles. The van der Waals surface area contributed by atoms with Crippen LogP contribution in [0.2, 0.25) is 0 Å². The average Bonchev–Trinajstić information content (AvgIpc) is 3.39. The van der Waals surface area contributed by atoms with Gasteiger partial charge < -0.3 is 64.2 Å². The van der Waals surface area contributed by atoms with Crippen LogP contribution in [-0.4, -0.2) is 142 Å². The molecule has 15 heteroatoms. The Bertz CT molecular complexity index is 1340. The summed E-state index contributed by atoms with van der Waals surface area (Å²) in [4.78, 5) is 25.9. The van der Waals surface area contributed by atoms with E-state index in [2.05, 4.69) is 26.0 Å². The Labute approximate surface area is 448 Å². The quantitative estimate of drug-likeness (QED) is 0.0171. The molecule has 2 rings (SSSR count). The van der Waals surface area contributed by atoms with Crippen LogP contribution < -0.4 is 0 Å². The molecule has 0 saturated carbocycles. The molecule has 0 aromatic heterocycles. The van der Waals surface area contributed by atoms with Crippen LogP contribution in [0.15, 0.2) is 12.2 Å². The van der Waals surface area contributed by atoms with Gasteiger partial charge in [-0.1, -0.05) is 219 Å². The number of carbonyl (C=O) groups is 2. The molecule has 0 spiro atoms. The monoisotopic (exact) mass is 1060 g/mol. The fourth-order valence-corrected chi connectivity index (χ4v) is 9.80. The highest BCUT2D eigenvalue weighted by atomic mass is 16.7. The molecular formula is C59H110O15. The summed E-state index contributed by atoms with van der Waals surface area (Å²) in [6, 6.07) is 0. The van der Waals surface area contributed by atoms with Crippen molar-refractivity contribution in [3.8, 4) is 0 Å². The smallest absolute Gasteiger partial charge is 0.306 e. The van der Waals surface area contributed by atoms with Crippen molar-refractivity contribution in [2.24, 2.45) is 0 Å². The minimum absolute atomic E-state index is 0.150. The summed E-state index contributed by atoms with van der Waals surface area (Å²) in [7, 11) is 0. The van der Waals surface area contributed by atoms with Gasteiger partial charge in [0.15, 0.2) is 18.7 Å². The van der Waals surface area contributed by atoms with Crippen molar-refractivity contribution >= 4 is 11.9 Å². The van der Waals surface area contributed by atoms with Gasteiger partial charge in [0.25, 0.3) is 0 Å². The number of ether oxygens (including phenoxy) is 6. The Morgan fingerprint density at radius 2 is 0.770 bits per heavy atom. The van der Waals surface area contributed by atoms with Crippen LogP contribution in [0, 0.1) is 0 Å². The maximum absolute atomic E-state index is 13.0. The topological polar surface area (TPSA) is 231 Å². The van der Waals surface area contributed by atoms with Crippen LogP contribution in [0.5, 0.6) is 0 Å². The molecular weight excluding hydrogens is 949 g/mol. The van der Waals surface area contributed by atoms with Crippen LogP contribution in [0.25, 0.3) is 0 Å². The Morgan fingerprint density at radius 3 is 1.20 bits per heavy atom. The summed E-state index contributed by atoms with van der Waals surface area (Å²) in [5.74, 6) is -0.927. The van der Waals surface area contributed by atoms with Gasteiger partial charge in [0.05, 0.1) is 19.8 Å². The van der Waals surface area contributed by atoms with E-state index >= 15 is 0 Å². The largest absolute Gasteiger partial charge is 0.462 e. The second-order valence-corrected chi connectivity index (χ2v) is 21.5. The first-order chi connectivity index (χ1) is 36.0. The molecule has 0 radical (unpaired) electrons. The summed E-state index contributed by atoms with van der Waals surface area (Å²) in [6.07, 6.45) is 32.4. The number of hydrogen-bond donors (Lipinski definition) is 7. The van der Waals surface area contributed by atoms with E-state index in [1.54, 1.807) is 0 Å². The van der Waals surface area contributed by atoms with E-state index in [0.29, 0.717) is 12.8 Å². The second kappa shape index (κ2) is 46.2. The van der Waals surface area contributed by atoms with E-state index in [1.807, 2.05) is 0 Å². The predicted molar refractivity (Wildman–Crippen MR) is 289 cm³/mol. The summed E-state index contributed by atoms with van der Waals surface area (Å²) >= 11 is 0. The van der Waals surface area contributed by atoms with E-state index in [-0.39, 0.29) is 26.1 Å². The van der Waals surface area contributed by atoms with Gasteiger partial charge in [-0.2, -0.15) is 0 Å². The maximum Gasteiger partial charge on any atom is 0.306 e. The van der Waals surface area contributed by atoms with Crippen molar-refractivity contribution in [2.45, 2.75) is 325 Å². The highest BCUT2D eigenvalue weighted by Gasteiger charge is 2.47. The molecule has 2 saturated heterocycles. The molecule has 11 atom stereocenters. The van der Waals surface area contributed by atoms with Crippen LogP contribution >= 0.6 is 0 Å². The van der Waals surface area contributed by atoms with Crippen LogP contribution in [-0.2, 0) is 38.0 Å². The minimum Gasteiger partial charge on any atom is -0.462 e. The van der Waals surface area contributed by atoms with E-state index in [9.17, 15) is 45.3 Å². The first-order valence-electron chi connectivity index (χ1n) is 30.3. The molecule has 2 heterocycles. The third-order valence-electron chi connectivity index (χ3n) is 14.7. The van der Waals surface area contributed by atoms with Crippen LogP contribution in [0.3, 0.4) is 0 Å². The normalized spacial score (nSPS) is 24.7. The Balaban J connectivity index is 1.71. The zero-order valence-electron chi connectivity index (χ0n) is 46.6. The zero-order valence-corrected chi connectivity index (χ0v) is 46.6. The standard InChI is InChI=1S/C59H110O15/c1-3-5-7-9-11-13-15-17-19-20-21-22-23-24-25-26-28-29-31-33-35-37-39-41-50(61)69-44-47(72-51(62)42-40-38-36-34-32-30-27-18-16-14-12-10-8-6-4-2)45-70-58-57(68)55(66)53(64)49(74-58)46-71-59-56(67)54(65)52(63)48(43-60)73-59/h30,32,47-49,52-60,63-68H,3-29,31,33-46H2,1-2H3/b32-30+/t47-,48+,49+,52-,53-,54?,55?,56?,57?,58+,59+/m0/s1. The van der Waals surface area contributed by atoms with E-state index in [1.165, 1.54) is 173 Å². The number of carbonyl (C=O) groups excluding carboxylic acids is 2. The Kier molecular flexibility index (Phi) is 42.7. The lowest BCUT2D eigenvalue weighted by Crippen LogP contribution is -2.61. The van der Waals surface area contributed by atoms with Gasteiger partial charge in [0.1, 0.15) is 55.4 Å². The van der Waals surface area contributed by atoms with Crippen molar-refractivity contribution in [2.75, 3.05) is 26.4 Å². The lowest BCUT2D eigenvalue weighted by molar-refractivity contribution is -0.332. The van der Waals surface area contributed by atoms with Crippen LogP contribution in [0.1, 0.15) is 258 Å².